The van der Waals surface area contributed by atoms with Crippen LogP contribution in [0.3, 0.4) is 0 Å². The third-order valence-corrected chi connectivity index (χ3v) is 1.04. The van der Waals surface area contributed by atoms with E-state index in [9.17, 15) is 0 Å². The van der Waals surface area contributed by atoms with Crippen LogP contribution < -0.4 is 5.44 Å². The molecule has 0 bridgehead atoms. The summed E-state index contributed by atoms with van der Waals surface area (Å²) < 4.78 is 1.77. The van der Waals surface area contributed by atoms with E-state index >= 15 is 0 Å². The second kappa shape index (κ2) is 1.63. The highest BCUT2D eigenvalue weighted by atomic mass is 31.0. The number of rotatable bonds is 0. The topological polar surface area (TPSA) is 17.8 Å². The van der Waals surface area contributed by atoms with Crippen molar-refractivity contribution in [1.29, 1.82) is 0 Å². The Morgan fingerprint density at radius 1 is 1.86 bits per heavy atom. The van der Waals surface area contributed by atoms with Gasteiger partial charge < -0.3 is 0 Å². The summed E-state index contributed by atoms with van der Waals surface area (Å²) in [6.07, 6.45) is 1.91. The summed E-state index contributed by atoms with van der Waals surface area (Å²) in [4.78, 5) is 0. The zero-order valence-corrected chi connectivity index (χ0v) is 5.28. The van der Waals surface area contributed by atoms with Gasteiger partial charge in [0.2, 0.25) is 0 Å². The molecule has 1 aromatic heterocycles. The number of hydrogen-bond acceptors (Lipinski definition) is 1. The number of nitrogens with zero attached hydrogens (tertiary/aromatic N) is 2. The van der Waals surface area contributed by atoms with E-state index in [1.807, 2.05) is 19.3 Å². The van der Waals surface area contributed by atoms with Crippen LogP contribution in [-0.4, -0.2) is 9.78 Å². The molecule has 0 fully saturated rings. The predicted octanol–water partition coefficient (Wildman–Crippen LogP) is -0.0795. The maximum absolute atomic E-state index is 3.99. The van der Waals surface area contributed by atoms with Gasteiger partial charge in [0.25, 0.3) is 0 Å². The molecule has 0 saturated carbocycles. The van der Waals surface area contributed by atoms with Crippen LogP contribution >= 0.6 is 9.24 Å². The Labute approximate surface area is 44.7 Å². The fourth-order valence-corrected chi connectivity index (χ4v) is 0.701. The molecule has 0 spiro atoms. The van der Waals surface area contributed by atoms with Crippen molar-refractivity contribution in [2.24, 2.45) is 7.05 Å². The van der Waals surface area contributed by atoms with Crippen LogP contribution in [0.15, 0.2) is 12.3 Å². The molecular weight excluding hydrogens is 107 g/mol. The van der Waals surface area contributed by atoms with Gasteiger partial charge in [-0.15, -0.1) is 0 Å². The Balaban J connectivity index is 3.04. The van der Waals surface area contributed by atoms with Gasteiger partial charge in [0.1, 0.15) is 0 Å². The first-order chi connectivity index (χ1) is 3.29. The Bertz CT molecular complexity index is 142. The molecule has 1 atom stereocenters. The minimum Gasteiger partial charge on any atom is -0.275 e. The summed E-state index contributed by atoms with van der Waals surface area (Å²) in [5.74, 6) is 0. The molecule has 38 valence electrons. The molecule has 0 radical (unpaired) electrons. The lowest BCUT2D eigenvalue weighted by molar-refractivity contribution is 0.776. The molecule has 0 aliphatic carbocycles. The van der Waals surface area contributed by atoms with Crippen molar-refractivity contribution in [2.75, 3.05) is 0 Å². The van der Waals surface area contributed by atoms with Gasteiger partial charge in [0.15, 0.2) is 0 Å². The monoisotopic (exact) mass is 114 g/mol. The summed E-state index contributed by atoms with van der Waals surface area (Å²) in [6.45, 7) is 0. The fourth-order valence-electron chi connectivity index (χ4n) is 0.433. The van der Waals surface area contributed by atoms with Crippen LogP contribution in [-0.2, 0) is 7.05 Å². The van der Waals surface area contributed by atoms with Gasteiger partial charge >= 0.3 is 0 Å². The molecule has 1 aromatic rings. The SMILES string of the molecule is Cn1ccc(P)n1. The smallest absolute Gasteiger partial charge is 0.0788 e. The van der Waals surface area contributed by atoms with Crippen LogP contribution in [0, 0.1) is 0 Å². The molecular formula is C4H7N2P. The Morgan fingerprint density at radius 2 is 2.57 bits per heavy atom. The van der Waals surface area contributed by atoms with Crippen molar-refractivity contribution in [3.05, 3.63) is 12.3 Å². The molecule has 7 heavy (non-hydrogen) atoms. The van der Waals surface area contributed by atoms with Crippen LogP contribution in [0.5, 0.6) is 0 Å². The average Bonchev–Trinajstić information content (AvgIpc) is 1.87. The number of aryl methyl sites for hydroxylation is 1. The summed E-state index contributed by atoms with van der Waals surface area (Å²) in [5.41, 5.74) is 0.988. The van der Waals surface area contributed by atoms with Crippen LogP contribution in [0.25, 0.3) is 0 Å². The zero-order chi connectivity index (χ0) is 5.28. The van der Waals surface area contributed by atoms with Gasteiger partial charge in [-0.05, 0) is 6.07 Å². The molecule has 1 rings (SSSR count). The lowest BCUT2D eigenvalue weighted by atomic mass is 10.7. The minimum absolute atomic E-state index is 0.988. The maximum atomic E-state index is 3.99. The van der Waals surface area contributed by atoms with Crippen molar-refractivity contribution in [3.63, 3.8) is 0 Å². The van der Waals surface area contributed by atoms with Crippen molar-refractivity contribution < 1.29 is 0 Å². The van der Waals surface area contributed by atoms with Gasteiger partial charge in [0.05, 0.1) is 5.44 Å². The molecule has 2 nitrogen and oxygen atoms in total. The van der Waals surface area contributed by atoms with E-state index in [-0.39, 0.29) is 0 Å². The molecule has 0 aromatic carbocycles. The van der Waals surface area contributed by atoms with Gasteiger partial charge in [-0.1, -0.05) is 9.24 Å². The Kier molecular flexibility index (Phi) is 1.11. The fraction of sp³-hybridized carbons (Fsp3) is 0.250. The molecule has 1 unspecified atom stereocenters. The molecule has 0 saturated heterocycles. The normalized spacial score (nSPS) is 9.43. The third kappa shape index (κ3) is 1.00. The predicted molar refractivity (Wildman–Crippen MR) is 32.6 cm³/mol. The van der Waals surface area contributed by atoms with Crippen LogP contribution in [0.4, 0.5) is 0 Å². The first kappa shape index (κ1) is 4.79. The molecule has 1 heterocycles. The number of aromatic nitrogens is 2. The first-order valence-corrected chi connectivity index (χ1v) is 2.62. The highest BCUT2D eigenvalue weighted by Crippen LogP contribution is 1.81. The van der Waals surface area contributed by atoms with E-state index in [2.05, 4.69) is 14.3 Å². The lowest BCUT2D eigenvalue weighted by Crippen LogP contribution is -1.94. The van der Waals surface area contributed by atoms with E-state index in [0.717, 1.165) is 5.44 Å². The standard InChI is InChI=1S/C4H7N2P/c1-6-3-2-4(7)5-6/h2-3H,7H2,1H3. The van der Waals surface area contributed by atoms with E-state index in [0.29, 0.717) is 0 Å². The van der Waals surface area contributed by atoms with Gasteiger partial charge in [-0.25, -0.2) is 0 Å². The lowest BCUT2D eigenvalue weighted by Gasteiger charge is -1.79. The van der Waals surface area contributed by atoms with E-state index in [1.165, 1.54) is 0 Å². The van der Waals surface area contributed by atoms with E-state index in [4.69, 9.17) is 0 Å². The molecule has 0 aliphatic heterocycles. The molecule has 0 aliphatic rings. The summed E-state index contributed by atoms with van der Waals surface area (Å²) in [7, 11) is 4.41. The van der Waals surface area contributed by atoms with Gasteiger partial charge in [-0.2, -0.15) is 5.10 Å². The second-order valence-electron chi connectivity index (χ2n) is 1.41. The van der Waals surface area contributed by atoms with Crippen molar-refractivity contribution >= 4 is 14.7 Å². The van der Waals surface area contributed by atoms with Crippen LogP contribution in [0.1, 0.15) is 0 Å². The van der Waals surface area contributed by atoms with E-state index in [1.54, 1.807) is 4.68 Å². The quantitative estimate of drug-likeness (QED) is 0.431. The van der Waals surface area contributed by atoms with Crippen molar-refractivity contribution in [3.8, 4) is 0 Å². The first-order valence-electron chi connectivity index (χ1n) is 2.04. The van der Waals surface area contributed by atoms with Gasteiger partial charge in [0, 0.05) is 13.2 Å². The molecule has 0 N–H and O–H groups in total. The van der Waals surface area contributed by atoms with E-state index < -0.39 is 0 Å². The van der Waals surface area contributed by atoms with Crippen molar-refractivity contribution in [1.82, 2.24) is 9.78 Å². The molecule has 0 amide bonds. The Hall–Kier alpha value is -0.360. The summed E-state index contributed by atoms with van der Waals surface area (Å²) >= 11 is 0. The highest BCUT2D eigenvalue weighted by molar-refractivity contribution is 7.26. The van der Waals surface area contributed by atoms with Gasteiger partial charge in [-0.3, -0.25) is 4.68 Å². The summed E-state index contributed by atoms with van der Waals surface area (Å²) in [5, 5.41) is 3.99. The second-order valence-corrected chi connectivity index (χ2v) is 2.01. The maximum Gasteiger partial charge on any atom is 0.0788 e. The average molecular weight is 114 g/mol. The van der Waals surface area contributed by atoms with Crippen LogP contribution in [0.2, 0.25) is 0 Å². The highest BCUT2D eigenvalue weighted by Gasteiger charge is 1.82. The summed E-state index contributed by atoms with van der Waals surface area (Å²) in [6, 6.07) is 1.94. The molecule has 3 heteroatoms. The largest absolute Gasteiger partial charge is 0.275 e. The van der Waals surface area contributed by atoms with Crippen molar-refractivity contribution in [2.45, 2.75) is 0 Å². The minimum atomic E-state index is 0.988. The Morgan fingerprint density at radius 3 is 2.71 bits per heavy atom. The zero-order valence-electron chi connectivity index (χ0n) is 4.13. The number of hydrogen-bond donors (Lipinski definition) is 0. The third-order valence-electron chi connectivity index (χ3n) is 0.734.